The van der Waals surface area contributed by atoms with Crippen molar-refractivity contribution in [3.8, 4) is 0 Å². The number of hydrogen-bond acceptors (Lipinski definition) is 6. The van der Waals surface area contributed by atoms with Crippen molar-refractivity contribution in [2.75, 3.05) is 13.7 Å². The lowest BCUT2D eigenvalue weighted by molar-refractivity contribution is -0.151. The number of dihydropyridines is 1. The first-order chi connectivity index (χ1) is 15.0. The first-order valence-corrected chi connectivity index (χ1v) is 10.2. The largest absolute Gasteiger partial charge is 0.468 e. The number of esters is 2. The van der Waals surface area contributed by atoms with Crippen LogP contribution >= 0.6 is 0 Å². The van der Waals surface area contributed by atoms with Crippen molar-refractivity contribution in [1.82, 2.24) is 5.32 Å². The maximum absolute atomic E-state index is 13.9. The number of hydrogen-bond donors (Lipinski definition) is 1. The van der Waals surface area contributed by atoms with E-state index in [4.69, 9.17) is 9.47 Å². The highest BCUT2D eigenvalue weighted by Crippen LogP contribution is 2.48. The number of alkyl halides is 3. The van der Waals surface area contributed by atoms with Gasteiger partial charge in [0.15, 0.2) is 5.78 Å². The van der Waals surface area contributed by atoms with Gasteiger partial charge in [-0.2, -0.15) is 13.2 Å². The highest BCUT2D eigenvalue weighted by Gasteiger charge is 2.49. The standard InChI is InChI=1S/C23H24F3NO5/c1-5-32-22(30)17-12(3)27-15-10-11(2)16(21(29)31-4)20(28)19(15)18(17)13-8-6-7-9-14(13)23(24,25)26/h6-9,11,16,18,27H,5,10H2,1-4H3. The summed E-state index contributed by atoms with van der Waals surface area (Å²) in [5, 5.41) is 3.01. The van der Waals surface area contributed by atoms with Crippen molar-refractivity contribution in [3.63, 3.8) is 0 Å². The van der Waals surface area contributed by atoms with E-state index in [1.54, 1.807) is 20.8 Å². The van der Waals surface area contributed by atoms with Crippen LogP contribution in [0.3, 0.4) is 0 Å². The maximum atomic E-state index is 13.9. The van der Waals surface area contributed by atoms with Crippen LogP contribution in [-0.2, 0) is 30.0 Å². The predicted octanol–water partition coefficient (Wildman–Crippen LogP) is 3.88. The molecule has 0 bridgehead atoms. The molecule has 172 valence electrons. The van der Waals surface area contributed by atoms with Gasteiger partial charge < -0.3 is 14.8 Å². The number of ketones is 1. The van der Waals surface area contributed by atoms with Gasteiger partial charge in [-0.3, -0.25) is 9.59 Å². The van der Waals surface area contributed by atoms with E-state index in [1.165, 1.54) is 18.2 Å². The molecule has 2 aliphatic rings. The highest BCUT2D eigenvalue weighted by molar-refractivity contribution is 6.12. The SMILES string of the molecule is CCOC(=O)C1=C(C)NC2=C(C(=O)C(C(=O)OC)C(C)C2)C1c1ccccc1C(F)(F)F. The lowest BCUT2D eigenvalue weighted by Crippen LogP contribution is -2.43. The smallest absolute Gasteiger partial charge is 0.416 e. The van der Waals surface area contributed by atoms with Crippen molar-refractivity contribution < 1.29 is 37.0 Å². The highest BCUT2D eigenvalue weighted by atomic mass is 19.4. The Morgan fingerprint density at radius 3 is 2.47 bits per heavy atom. The zero-order valence-electron chi connectivity index (χ0n) is 18.1. The van der Waals surface area contributed by atoms with Gasteiger partial charge in [-0.15, -0.1) is 0 Å². The first-order valence-electron chi connectivity index (χ1n) is 10.2. The Balaban J connectivity index is 2.29. The molecule has 1 aromatic carbocycles. The molecule has 1 N–H and O–H groups in total. The van der Waals surface area contributed by atoms with Gasteiger partial charge >= 0.3 is 18.1 Å². The van der Waals surface area contributed by atoms with Crippen molar-refractivity contribution in [1.29, 1.82) is 0 Å². The number of Topliss-reactive ketones (excluding diaryl/α,β-unsaturated/α-hetero) is 1. The second kappa shape index (κ2) is 8.80. The fraction of sp³-hybridized carbons (Fsp3) is 0.435. The molecule has 0 fully saturated rings. The van der Waals surface area contributed by atoms with Crippen molar-refractivity contribution in [2.45, 2.75) is 39.3 Å². The summed E-state index contributed by atoms with van der Waals surface area (Å²) in [5.41, 5.74) is -0.633. The minimum atomic E-state index is -4.72. The van der Waals surface area contributed by atoms with Crippen molar-refractivity contribution in [3.05, 3.63) is 57.9 Å². The van der Waals surface area contributed by atoms with Crippen molar-refractivity contribution in [2.24, 2.45) is 11.8 Å². The van der Waals surface area contributed by atoms with Gasteiger partial charge in [-0.1, -0.05) is 25.1 Å². The Labute approximate surface area is 183 Å². The predicted molar refractivity (Wildman–Crippen MR) is 108 cm³/mol. The van der Waals surface area contributed by atoms with Gasteiger partial charge in [-0.05, 0) is 37.8 Å². The van der Waals surface area contributed by atoms with E-state index >= 15 is 0 Å². The van der Waals surface area contributed by atoms with Crippen LogP contribution in [0.15, 0.2) is 46.8 Å². The zero-order valence-corrected chi connectivity index (χ0v) is 18.1. The number of rotatable bonds is 4. The monoisotopic (exact) mass is 451 g/mol. The third-order valence-corrected chi connectivity index (χ3v) is 5.82. The molecule has 3 unspecified atom stereocenters. The summed E-state index contributed by atoms with van der Waals surface area (Å²) in [4.78, 5) is 38.7. The number of carbonyl (C=O) groups excluding carboxylic acids is 3. The number of methoxy groups -OCH3 is 1. The number of benzene rings is 1. The van der Waals surface area contributed by atoms with Gasteiger partial charge in [0.05, 0.1) is 24.9 Å². The van der Waals surface area contributed by atoms with Crippen LogP contribution in [0, 0.1) is 11.8 Å². The summed E-state index contributed by atoms with van der Waals surface area (Å²) in [5.74, 6) is -5.20. The molecule has 0 spiro atoms. The molecular weight excluding hydrogens is 427 g/mol. The molecule has 9 heteroatoms. The molecule has 0 saturated heterocycles. The van der Waals surface area contributed by atoms with E-state index in [2.05, 4.69) is 5.32 Å². The van der Waals surface area contributed by atoms with Crippen LogP contribution in [-0.4, -0.2) is 31.4 Å². The number of halogens is 3. The lowest BCUT2D eigenvalue weighted by atomic mass is 9.68. The molecular formula is C23H24F3NO5. The molecule has 1 aliphatic carbocycles. The van der Waals surface area contributed by atoms with Gasteiger partial charge in [0.25, 0.3) is 0 Å². The molecule has 1 aromatic rings. The minimum absolute atomic E-state index is 0.00488. The maximum Gasteiger partial charge on any atom is 0.416 e. The van der Waals surface area contributed by atoms with E-state index in [-0.39, 0.29) is 29.7 Å². The number of allylic oxidation sites excluding steroid dienone is 3. The summed E-state index contributed by atoms with van der Waals surface area (Å²) >= 11 is 0. The van der Waals surface area contributed by atoms with Gasteiger partial charge in [-0.25, -0.2) is 4.79 Å². The molecule has 0 amide bonds. The summed E-state index contributed by atoms with van der Waals surface area (Å²) in [7, 11) is 1.15. The van der Waals surface area contributed by atoms with E-state index in [1.807, 2.05) is 0 Å². The van der Waals surface area contributed by atoms with Crippen LogP contribution in [0.1, 0.15) is 44.2 Å². The summed E-state index contributed by atoms with van der Waals surface area (Å²) < 4.78 is 51.6. The molecule has 0 aromatic heterocycles. The molecule has 3 rings (SSSR count). The zero-order chi connectivity index (χ0) is 23.8. The average Bonchev–Trinajstić information content (AvgIpc) is 2.72. The van der Waals surface area contributed by atoms with E-state index in [9.17, 15) is 27.6 Å². The third-order valence-electron chi connectivity index (χ3n) is 5.82. The fourth-order valence-corrected chi connectivity index (χ4v) is 4.48. The Morgan fingerprint density at radius 1 is 1.22 bits per heavy atom. The van der Waals surface area contributed by atoms with Crippen molar-refractivity contribution >= 4 is 17.7 Å². The van der Waals surface area contributed by atoms with Crippen LogP contribution in [0.4, 0.5) is 13.2 Å². The number of carbonyl (C=O) groups is 3. The van der Waals surface area contributed by atoms with E-state index < -0.39 is 47.2 Å². The quantitative estimate of drug-likeness (QED) is 0.553. The molecule has 0 radical (unpaired) electrons. The van der Waals surface area contributed by atoms with Crippen LogP contribution in [0.2, 0.25) is 0 Å². The molecule has 1 aliphatic heterocycles. The van der Waals surface area contributed by atoms with Gasteiger partial charge in [0.1, 0.15) is 5.92 Å². The Morgan fingerprint density at radius 2 is 1.88 bits per heavy atom. The summed E-state index contributed by atoms with van der Waals surface area (Å²) in [6.45, 7) is 4.84. The van der Waals surface area contributed by atoms with E-state index in [0.29, 0.717) is 11.4 Å². The molecule has 3 atom stereocenters. The first kappa shape index (κ1) is 23.6. The molecule has 1 heterocycles. The average molecular weight is 451 g/mol. The van der Waals surface area contributed by atoms with E-state index in [0.717, 1.165) is 13.2 Å². The van der Waals surface area contributed by atoms with Gasteiger partial charge in [0.2, 0.25) is 0 Å². The minimum Gasteiger partial charge on any atom is -0.468 e. The second-order valence-corrected chi connectivity index (χ2v) is 7.84. The van der Waals surface area contributed by atoms with Crippen LogP contribution < -0.4 is 5.32 Å². The molecule has 0 saturated carbocycles. The van der Waals surface area contributed by atoms with Crippen LogP contribution in [0.5, 0.6) is 0 Å². The Hall–Kier alpha value is -3.10. The number of nitrogens with one attached hydrogen (secondary N) is 1. The molecule has 32 heavy (non-hydrogen) atoms. The van der Waals surface area contributed by atoms with Crippen LogP contribution in [0.25, 0.3) is 0 Å². The summed E-state index contributed by atoms with van der Waals surface area (Å²) in [6.07, 6.45) is -4.48. The Bertz CT molecular complexity index is 1020. The lowest BCUT2D eigenvalue weighted by Gasteiger charge is -2.38. The number of ether oxygens (including phenoxy) is 2. The van der Waals surface area contributed by atoms with Gasteiger partial charge in [0, 0.05) is 22.9 Å². The second-order valence-electron chi connectivity index (χ2n) is 7.84. The normalized spacial score (nSPS) is 23.5. The summed E-state index contributed by atoms with van der Waals surface area (Å²) in [6, 6.07) is 4.81. The third kappa shape index (κ3) is 4.03. The Kier molecular flexibility index (Phi) is 6.48. The topological polar surface area (TPSA) is 81.7 Å². The molecule has 6 nitrogen and oxygen atoms in total. The fourth-order valence-electron chi connectivity index (χ4n) is 4.48.